The molecular weight excluding hydrogens is 304 g/mol. The first-order valence-corrected chi connectivity index (χ1v) is 7.97. The highest BCUT2D eigenvalue weighted by Gasteiger charge is 2.32. The Bertz CT molecular complexity index is 744. The van der Waals surface area contributed by atoms with Crippen molar-refractivity contribution in [3.05, 3.63) is 48.0 Å². The fourth-order valence-electron chi connectivity index (χ4n) is 2.72. The van der Waals surface area contributed by atoms with Crippen molar-refractivity contribution >= 4 is 22.8 Å². The first kappa shape index (κ1) is 17.8. The quantitative estimate of drug-likeness (QED) is 0.801. The van der Waals surface area contributed by atoms with Crippen molar-refractivity contribution in [1.29, 1.82) is 0 Å². The second-order valence-electron chi connectivity index (χ2n) is 7.05. The molecule has 1 unspecified atom stereocenters. The number of carboxylic acid groups (broad SMARTS) is 1. The van der Waals surface area contributed by atoms with Gasteiger partial charge < -0.3 is 15.7 Å². The third kappa shape index (κ3) is 4.04. The van der Waals surface area contributed by atoms with Gasteiger partial charge in [0.15, 0.2) is 0 Å². The normalized spacial score (nSPS) is 14.0. The molecular formula is C19H24N2O3. The fourth-order valence-corrected chi connectivity index (χ4v) is 2.72. The zero-order valence-electron chi connectivity index (χ0n) is 14.5. The molecule has 128 valence electrons. The van der Waals surface area contributed by atoms with Crippen molar-refractivity contribution in [3.8, 4) is 0 Å². The minimum atomic E-state index is -1.05. The van der Waals surface area contributed by atoms with E-state index in [4.69, 9.17) is 0 Å². The Morgan fingerprint density at radius 1 is 1.00 bits per heavy atom. The topological polar surface area (TPSA) is 78.4 Å². The number of rotatable bonds is 4. The van der Waals surface area contributed by atoms with Gasteiger partial charge in [-0.25, -0.2) is 9.59 Å². The first-order valence-electron chi connectivity index (χ1n) is 7.97. The molecule has 0 saturated carbocycles. The van der Waals surface area contributed by atoms with Crippen LogP contribution in [-0.4, -0.2) is 23.1 Å². The standard InChI is InChI=1S/C19H24N2O3/c1-12(14-11-7-9-13-8-5-6-10-15(13)14)20-18(24)21-16(17(22)23)19(2,3)4/h5-12,16H,1-4H3,(H,22,23)(H2,20,21,24)/t12?,16-/m0/s1. The van der Waals surface area contributed by atoms with Crippen LogP contribution in [0.1, 0.15) is 39.3 Å². The Hall–Kier alpha value is -2.56. The molecule has 0 fully saturated rings. The monoisotopic (exact) mass is 328 g/mol. The predicted octanol–water partition coefficient (Wildman–Crippen LogP) is 3.70. The van der Waals surface area contributed by atoms with Gasteiger partial charge in [0.2, 0.25) is 0 Å². The highest BCUT2D eigenvalue weighted by Crippen LogP contribution is 2.24. The van der Waals surface area contributed by atoms with Gasteiger partial charge in [-0.2, -0.15) is 0 Å². The van der Waals surface area contributed by atoms with Crippen LogP contribution in [0.2, 0.25) is 0 Å². The van der Waals surface area contributed by atoms with Crippen LogP contribution in [0, 0.1) is 5.41 Å². The molecule has 2 aromatic rings. The zero-order valence-corrected chi connectivity index (χ0v) is 14.5. The Balaban J connectivity index is 2.15. The van der Waals surface area contributed by atoms with Crippen LogP contribution in [0.5, 0.6) is 0 Å². The predicted molar refractivity (Wildman–Crippen MR) is 94.9 cm³/mol. The molecule has 24 heavy (non-hydrogen) atoms. The molecule has 5 heteroatoms. The van der Waals surface area contributed by atoms with Gasteiger partial charge in [-0.15, -0.1) is 0 Å². The van der Waals surface area contributed by atoms with Crippen LogP contribution in [0.25, 0.3) is 10.8 Å². The van der Waals surface area contributed by atoms with E-state index >= 15 is 0 Å². The molecule has 5 nitrogen and oxygen atoms in total. The molecule has 0 aliphatic carbocycles. The number of amides is 2. The lowest BCUT2D eigenvalue weighted by molar-refractivity contribution is -0.141. The summed E-state index contributed by atoms with van der Waals surface area (Å²) in [6.07, 6.45) is 0. The van der Waals surface area contributed by atoms with Crippen LogP contribution >= 0.6 is 0 Å². The third-order valence-corrected chi connectivity index (χ3v) is 4.03. The molecule has 0 bridgehead atoms. The molecule has 0 aliphatic rings. The minimum absolute atomic E-state index is 0.245. The Labute approximate surface area is 142 Å². The van der Waals surface area contributed by atoms with Crippen LogP contribution < -0.4 is 10.6 Å². The van der Waals surface area contributed by atoms with Crippen LogP contribution in [0.3, 0.4) is 0 Å². The molecule has 0 spiro atoms. The van der Waals surface area contributed by atoms with Gasteiger partial charge in [0.25, 0.3) is 0 Å². The van der Waals surface area contributed by atoms with Crippen molar-refractivity contribution in [2.45, 2.75) is 39.8 Å². The number of urea groups is 1. The Morgan fingerprint density at radius 3 is 2.25 bits per heavy atom. The van der Waals surface area contributed by atoms with Crippen LogP contribution in [0.15, 0.2) is 42.5 Å². The van der Waals surface area contributed by atoms with E-state index in [1.807, 2.05) is 49.4 Å². The number of aliphatic carboxylic acids is 1. The summed E-state index contributed by atoms with van der Waals surface area (Å²) in [6.45, 7) is 7.22. The average Bonchev–Trinajstić information content (AvgIpc) is 2.50. The lowest BCUT2D eigenvalue weighted by atomic mass is 9.87. The molecule has 0 heterocycles. The first-order chi connectivity index (χ1) is 11.2. The van der Waals surface area contributed by atoms with Gasteiger partial charge in [0, 0.05) is 0 Å². The SMILES string of the molecule is CC(NC(=O)N[C@@H](C(=O)O)C(C)(C)C)c1cccc2ccccc12. The van der Waals surface area contributed by atoms with Gasteiger partial charge in [-0.1, -0.05) is 63.2 Å². The van der Waals surface area contributed by atoms with Crippen LogP contribution in [0.4, 0.5) is 4.79 Å². The highest BCUT2D eigenvalue weighted by atomic mass is 16.4. The molecule has 0 aromatic heterocycles. The smallest absolute Gasteiger partial charge is 0.326 e. The maximum absolute atomic E-state index is 12.2. The van der Waals surface area contributed by atoms with E-state index in [2.05, 4.69) is 10.6 Å². The summed E-state index contributed by atoms with van der Waals surface area (Å²) in [6, 6.07) is 12.2. The van der Waals surface area contributed by atoms with E-state index in [9.17, 15) is 14.7 Å². The van der Waals surface area contributed by atoms with Gasteiger partial charge in [-0.05, 0) is 28.7 Å². The lowest BCUT2D eigenvalue weighted by Gasteiger charge is -2.28. The molecule has 0 saturated heterocycles. The number of carbonyl (C=O) groups excluding carboxylic acids is 1. The van der Waals surface area contributed by atoms with Gasteiger partial charge in [-0.3, -0.25) is 0 Å². The summed E-state index contributed by atoms with van der Waals surface area (Å²) < 4.78 is 0. The van der Waals surface area contributed by atoms with E-state index in [1.54, 1.807) is 20.8 Å². The van der Waals surface area contributed by atoms with E-state index in [-0.39, 0.29) is 6.04 Å². The fraction of sp³-hybridized carbons (Fsp3) is 0.368. The largest absolute Gasteiger partial charge is 0.480 e. The number of nitrogens with one attached hydrogen (secondary N) is 2. The van der Waals surface area contributed by atoms with Crippen molar-refractivity contribution in [2.75, 3.05) is 0 Å². The third-order valence-electron chi connectivity index (χ3n) is 4.03. The average molecular weight is 328 g/mol. The highest BCUT2D eigenvalue weighted by molar-refractivity contribution is 5.87. The molecule has 2 aromatic carbocycles. The summed E-state index contributed by atoms with van der Waals surface area (Å²) in [4.78, 5) is 23.6. The summed E-state index contributed by atoms with van der Waals surface area (Å²) >= 11 is 0. The number of benzene rings is 2. The van der Waals surface area contributed by atoms with Gasteiger partial charge in [0.05, 0.1) is 6.04 Å². The number of hydrogen-bond donors (Lipinski definition) is 3. The van der Waals surface area contributed by atoms with E-state index in [0.717, 1.165) is 16.3 Å². The molecule has 2 rings (SSSR count). The minimum Gasteiger partial charge on any atom is -0.480 e. The maximum Gasteiger partial charge on any atom is 0.326 e. The van der Waals surface area contributed by atoms with E-state index in [0.29, 0.717) is 0 Å². The zero-order chi connectivity index (χ0) is 17.9. The molecule has 2 amide bonds. The number of carbonyl (C=O) groups is 2. The summed E-state index contributed by atoms with van der Waals surface area (Å²) in [7, 11) is 0. The number of fused-ring (bicyclic) bond motifs is 1. The van der Waals surface area contributed by atoms with E-state index in [1.165, 1.54) is 0 Å². The summed E-state index contributed by atoms with van der Waals surface area (Å²) in [5.41, 5.74) is 0.414. The second kappa shape index (κ2) is 6.91. The Kier molecular flexibility index (Phi) is 5.12. The van der Waals surface area contributed by atoms with Crippen molar-refractivity contribution < 1.29 is 14.7 Å². The van der Waals surface area contributed by atoms with Gasteiger partial charge in [0.1, 0.15) is 6.04 Å². The lowest BCUT2D eigenvalue weighted by Crippen LogP contribution is -2.52. The van der Waals surface area contributed by atoms with Crippen molar-refractivity contribution in [2.24, 2.45) is 5.41 Å². The number of hydrogen-bond acceptors (Lipinski definition) is 2. The van der Waals surface area contributed by atoms with E-state index < -0.39 is 23.5 Å². The molecule has 0 radical (unpaired) electrons. The second-order valence-corrected chi connectivity index (χ2v) is 7.05. The molecule has 2 atom stereocenters. The number of carboxylic acids is 1. The molecule has 0 aliphatic heterocycles. The summed E-state index contributed by atoms with van der Waals surface area (Å²) in [5, 5.41) is 16.9. The maximum atomic E-state index is 12.2. The molecule has 3 N–H and O–H groups in total. The van der Waals surface area contributed by atoms with Crippen molar-refractivity contribution in [3.63, 3.8) is 0 Å². The van der Waals surface area contributed by atoms with Crippen LogP contribution in [-0.2, 0) is 4.79 Å². The Morgan fingerprint density at radius 2 is 1.62 bits per heavy atom. The summed E-state index contributed by atoms with van der Waals surface area (Å²) in [5.74, 6) is -1.05. The van der Waals surface area contributed by atoms with Gasteiger partial charge >= 0.3 is 12.0 Å². The van der Waals surface area contributed by atoms with Crippen molar-refractivity contribution in [1.82, 2.24) is 10.6 Å².